The highest BCUT2D eigenvalue weighted by Gasteiger charge is 2.22. The van der Waals surface area contributed by atoms with Crippen molar-refractivity contribution in [2.75, 3.05) is 25.0 Å². The molecule has 28 heavy (non-hydrogen) atoms. The van der Waals surface area contributed by atoms with Crippen molar-refractivity contribution in [3.8, 4) is 0 Å². The predicted molar refractivity (Wildman–Crippen MR) is 114 cm³/mol. The second-order valence-electron chi connectivity index (χ2n) is 7.54. The lowest BCUT2D eigenvalue weighted by Gasteiger charge is -2.31. The van der Waals surface area contributed by atoms with Gasteiger partial charge < -0.3 is 9.88 Å². The van der Waals surface area contributed by atoms with E-state index in [1.165, 1.54) is 5.52 Å². The zero-order valence-corrected chi connectivity index (χ0v) is 16.8. The number of carbonyl (C=O) groups is 1. The number of piperidine rings is 1. The molecule has 0 bridgehead atoms. The second kappa shape index (κ2) is 8.33. The SMILES string of the molecule is Cc1nc2ccccc2n1CC1CCN(CC(=O)Nc2cccc(Cl)c2)CC1. The first-order chi connectivity index (χ1) is 13.6. The van der Waals surface area contributed by atoms with E-state index in [-0.39, 0.29) is 5.91 Å². The third kappa shape index (κ3) is 4.37. The minimum absolute atomic E-state index is 0.0113. The number of imidazole rings is 1. The first-order valence-corrected chi connectivity index (χ1v) is 10.2. The summed E-state index contributed by atoms with van der Waals surface area (Å²) in [7, 11) is 0. The summed E-state index contributed by atoms with van der Waals surface area (Å²) in [5.41, 5.74) is 3.02. The molecule has 1 fully saturated rings. The molecule has 0 unspecified atom stereocenters. The number of amides is 1. The summed E-state index contributed by atoms with van der Waals surface area (Å²) in [5, 5.41) is 3.55. The molecule has 0 radical (unpaired) electrons. The highest BCUT2D eigenvalue weighted by molar-refractivity contribution is 6.30. The highest BCUT2D eigenvalue weighted by atomic mass is 35.5. The molecular formula is C22H25ClN4O. The number of rotatable bonds is 5. The van der Waals surface area contributed by atoms with E-state index < -0.39 is 0 Å². The Morgan fingerprint density at radius 3 is 2.75 bits per heavy atom. The van der Waals surface area contributed by atoms with Gasteiger partial charge in [0.05, 0.1) is 17.6 Å². The van der Waals surface area contributed by atoms with Gasteiger partial charge in [0.2, 0.25) is 5.91 Å². The maximum Gasteiger partial charge on any atom is 0.238 e. The van der Waals surface area contributed by atoms with Gasteiger partial charge in [0, 0.05) is 17.3 Å². The van der Waals surface area contributed by atoms with Gasteiger partial charge in [-0.2, -0.15) is 0 Å². The van der Waals surface area contributed by atoms with Crippen LogP contribution in [0.15, 0.2) is 48.5 Å². The van der Waals surface area contributed by atoms with Gasteiger partial charge in [-0.15, -0.1) is 0 Å². The number of aromatic nitrogens is 2. The maximum absolute atomic E-state index is 12.3. The fourth-order valence-electron chi connectivity index (χ4n) is 3.98. The summed E-state index contributed by atoms with van der Waals surface area (Å²) in [6.45, 7) is 5.38. The molecule has 1 amide bonds. The van der Waals surface area contributed by atoms with Crippen LogP contribution in [0, 0.1) is 12.8 Å². The number of hydrogen-bond donors (Lipinski definition) is 1. The number of fused-ring (bicyclic) bond motifs is 1. The summed E-state index contributed by atoms with van der Waals surface area (Å²) < 4.78 is 2.33. The molecule has 0 spiro atoms. The molecule has 2 aromatic carbocycles. The van der Waals surface area contributed by atoms with Crippen LogP contribution in [0.1, 0.15) is 18.7 Å². The monoisotopic (exact) mass is 396 g/mol. The molecule has 0 saturated carbocycles. The molecule has 0 atom stereocenters. The number of benzene rings is 2. The number of para-hydroxylation sites is 2. The van der Waals surface area contributed by atoms with Crippen LogP contribution in [0.2, 0.25) is 5.02 Å². The Hall–Kier alpha value is -2.37. The van der Waals surface area contributed by atoms with Crippen LogP contribution in [0.3, 0.4) is 0 Å². The first kappa shape index (κ1) is 19.0. The minimum Gasteiger partial charge on any atom is -0.328 e. The Morgan fingerprint density at radius 1 is 1.18 bits per heavy atom. The number of nitrogens with one attached hydrogen (secondary N) is 1. The van der Waals surface area contributed by atoms with Crippen LogP contribution in [-0.4, -0.2) is 40.0 Å². The van der Waals surface area contributed by atoms with Gasteiger partial charge >= 0.3 is 0 Å². The number of anilines is 1. The lowest BCUT2D eigenvalue weighted by Crippen LogP contribution is -2.40. The molecule has 3 aromatic rings. The van der Waals surface area contributed by atoms with Crippen molar-refractivity contribution in [3.63, 3.8) is 0 Å². The Bertz CT molecular complexity index is 976. The van der Waals surface area contributed by atoms with Crippen molar-refractivity contribution in [3.05, 3.63) is 59.4 Å². The van der Waals surface area contributed by atoms with Crippen molar-refractivity contribution in [1.82, 2.24) is 14.5 Å². The molecule has 4 rings (SSSR count). The predicted octanol–water partition coefficient (Wildman–Crippen LogP) is 4.35. The Balaban J connectivity index is 1.29. The summed E-state index contributed by atoms with van der Waals surface area (Å²) in [5.74, 6) is 1.70. The van der Waals surface area contributed by atoms with Crippen LogP contribution in [0.5, 0.6) is 0 Å². The second-order valence-corrected chi connectivity index (χ2v) is 7.97. The van der Waals surface area contributed by atoms with E-state index in [0.29, 0.717) is 17.5 Å². The van der Waals surface area contributed by atoms with Crippen molar-refractivity contribution >= 4 is 34.2 Å². The van der Waals surface area contributed by atoms with E-state index in [0.717, 1.165) is 49.5 Å². The van der Waals surface area contributed by atoms with E-state index in [4.69, 9.17) is 11.6 Å². The average Bonchev–Trinajstić information content (AvgIpc) is 2.99. The van der Waals surface area contributed by atoms with Crippen LogP contribution >= 0.6 is 11.6 Å². The van der Waals surface area contributed by atoms with Crippen molar-refractivity contribution in [2.45, 2.75) is 26.3 Å². The van der Waals surface area contributed by atoms with Crippen LogP contribution < -0.4 is 5.32 Å². The maximum atomic E-state index is 12.3. The number of likely N-dealkylation sites (tertiary alicyclic amines) is 1. The quantitative estimate of drug-likeness (QED) is 0.697. The zero-order chi connectivity index (χ0) is 19.5. The van der Waals surface area contributed by atoms with Gasteiger partial charge in [0.1, 0.15) is 5.82 Å². The smallest absolute Gasteiger partial charge is 0.238 e. The molecule has 1 saturated heterocycles. The fourth-order valence-corrected chi connectivity index (χ4v) is 4.17. The standard InChI is InChI=1S/C22H25ClN4O/c1-16-24-20-7-2-3-8-21(20)27(16)14-17-9-11-26(12-10-17)15-22(28)25-19-6-4-5-18(23)13-19/h2-8,13,17H,9-12,14-15H2,1H3,(H,25,28). The number of halogens is 1. The van der Waals surface area contributed by atoms with Crippen LogP contribution in [-0.2, 0) is 11.3 Å². The molecule has 1 aromatic heterocycles. The van der Waals surface area contributed by atoms with E-state index in [2.05, 4.69) is 44.9 Å². The van der Waals surface area contributed by atoms with Crippen molar-refractivity contribution in [1.29, 1.82) is 0 Å². The number of nitrogens with zero attached hydrogens (tertiary/aromatic N) is 3. The number of hydrogen-bond acceptors (Lipinski definition) is 3. The highest BCUT2D eigenvalue weighted by Crippen LogP contribution is 2.23. The van der Waals surface area contributed by atoms with E-state index in [9.17, 15) is 4.79 Å². The Labute approximate surface area is 170 Å². The molecule has 0 aliphatic carbocycles. The van der Waals surface area contributed by atoms with Gasteiger partial charge in [-0.05, 0) is 69.1 Å². The lowest BCUT2D eigenvalue weighted by atomic mass is 9.96. The molecule has 1 aliphatic rings. The molecule has 1 N–H and O–H groups in total. The number of aryl methyl sites for hydroxylation is 1. The van der Waals surface area contributed by atoms with Gasteiger partial charge in [-0.25, -0.2) is 4.98 Å². The number of carbonyl (C=O) groups excluding carboxylic acids is 1. The summed E-state index contributed by atoms with van der Waals surface area (Å²) in [4.78, 5) is 19.2. The molecule has 146 valence electrons. The third-order valence-electron chi connectivity index (χ3n) is 5.47. The minimum atomic E-state index is 0.0113. The van der Waals surface area contributed by atoms with Crippen LogP contribution in [0.25, 0.3) is 11.0 Å². The molecule has 1 aliphatic heterocycles. The van der Waals surface area contributed by atoms with Gasteiger partial charge in [-0.1, -0.05) is 29.8 Å². The molecule has 2 heterocycles. The van der Waals surface area contributed by atoms with Crippen molar-refractivity contribution < 1.29 is 4.79 Å². The average molecular weight is 397 g/mol. The molecule has 5 nitrogen and oxygen atoms in total. The van der Waals surface area contributed by atoms with Crippen molar-refractivity contribution in [2.24, 2.45) is 5.92 Å². The van der Waals surface area contributed by atoms with Gasteiger partial charge in [0.25, 0.3) is 0 Å². The third-order valence-corrected chi connectivity index (χ3v) is 5.70. The molecular weight excluding hydrogens is 372 g/mol. The van der Waals surface area contributed by atoms with E-state index >= 15 is 0 Å². The van der Waals surface area contributed by atoms with Gasteiger partial charge in [-0.3, -0.25) is 9.69 Å². The van der Waals surface area contributed by atoms with Crippen LogP contribution in [0.4, 0.5) is 5.69 Å². The topological polar surface area (TPSA) is 50.2 Å². The van der Waals surface area contributed by atoms with Gasteiger partial charge in [0.15, 0.2) is 0 Å². The van der Waals surface area contributed by atoms with E-state index in [1.54, 1.807) is 12.1 Å². The summed E-state index contributed by atoms with van der Waals surface area (Å²) >= 11 is 5.97. The summed E-state index contributed by atoms with van der Waals surface area (Å²) in [6.07, 6.45) is 2.19. The normalized spacial score (nSPS) is 15.8. The largest absolute Gasteiger partial charge is 0.328 e. The Kier molecular flexibility index (Phi) is 5.64. The summed E-state index contributed by atoms with van der Waals surface area (Å²) in [6, 6.07) is 15.6. The van der Waals surface area contributed by atoms with E-state index in [1.807, 2.05) is 18.2 Å². The Morgan fingerprint density at radius 2 is 1.96 bits per heavy atom. The first-order valence-electron chi connectivity index (χ1n) is 9.78. The fraction of sp³-hybridized carbons (Fsp3) is 0.364. The zero-order valence-electron chi connectivity index (χ0n) is 16.1. The molecule has 6 heteroatoms. The lowest BCUT2D eigenvalue weighted by molar-refractivity contribution is -0.117.